The summed E-state index contributed by atoms with van der Waals surface area (Å²) in [6.07, 6.45) is 3.07. The summed E-state index contributed by atoms with van der Waals surface area (Å²) in [6.45, 7) is 9.74. The molecule has 0 aliphatic carbocycles. The minimum atomic E-state index is -0.849. The maximum atomic E-state index is 14.1. The van der Waals surface area contributed by atoms with Crippen LogP contribution in [0.25, 0.3) is 55.8 Å². The Labute approximate surface area is 321 Å². The molecule has 5 aromatic carbocycles. The first-order valence-corrected chi connectivity index (χ1v) is 18.8. The Morgan fingerprint density at radius 1 is 0.709 bits per heavy atom. The number of aromatic nitrogens is 3. The summed E-state index contributed by atoms with van der Waals surface area (Å²) >= 11 is 0. The van der Waals surface area contributed by atoms with E-state index in [0.29, 0.717) is 24.6 Å². The number of ether oxygens (including phenoxy) is 2. The van der Waals surface area contributed by atoms with Gasteiger partial charge < -0.3 is 18.5 Å². The van der Waals surface area contributed by atoms with Crippen molar-refractivity contribution < 1.29 is 23.5 Å². The molecule has 3 unspecified atom stereocenters. The molecule has 0 saturated carbocycles. The SMILES string of the molecule is C=CC(=O)OCCOC(=O)C(C)(CC(CC)c1ccc(-c2ccc(-c3nnc(-c4ccccc4)o3)cc2)cc1)CC(C)n1c2ccccc2c2ccccc21. The molecular formula is C47H45N3O5. The van der Waals surface area contributed by atoms with Gasteiger partial charge in [0, 0.05) is 45.1 Å². The zero-order valence-corrected chi connectivity index (χ0v) is 31.5. The van der Waals surface area contributed by atoms with Crippen LogP contribution in [0.5, 0.6) is 0 Å². The molecule has 7 aromatic rings. The Morgan fingerprint density at radius 2 is 1.22 bits per heavy atom. The van der Waals surface area contributed by atoms with Gasteiger partial charge in [-0.2, -0.15) is 0 Å². The van der Waals surface area contributed by atoms with Crippen molar-refractivity contribution in [1.29, 1.82) is 0 Å². The molecule has 3 atom stereocenters. The molecule has 0 aliphatic rings. The van der Waals surface area contributed by atoms with Crippen molar-refractivity contribution in [3.63, 3.8) is 0 Å². The van der Waals surface area contributed by atoms with Gasteiger partial charge in [0.05, 0.1) is 5.41 Å². The molecule has 7 rings (SSSR count). The molecule has 2 aromatic heterocycles. The molecule has 2 heterocycles. The van der Waals surface area contributed by atoms with Crippen LogP contribution in [0.15, 0.2) is 144 Å². The number of para-hydroxylation sites is 2. The molecule has 8 nitrogen and oxygen atoms in total. The number of benzene rings is 5. The third-order valence-corrected chi connectivity index (χ3v) is 10.5. The van der Waals surface area contributed by atoms with Crippen molar-refractivity contribution in [2.24, 2.45) is 5.41 Å². The molecule has 8 heteroatoms. The van der Waals surface area contributed by atoms with Gasteiger partial charge >= 0.3 is 11.9 Å². The van der Waals surface area contributed by atoms with Gasteiger partial charge in [-0.3, -0.25) is 4.79 Å². The van der Waals surface area contributed by atoms with Gasteiger partial charge in [-0.05, 0) is 92.1 Å². The number of carbonyl (C=O) groups is 2. The summed E-state index contributed by atoms with van der Waals surface area (Å²) in [6, 6.07) is 43.2. The lowest BCUT2D eigenvalue weighted by Crippen LogP contribution is -2.35. The lowest BCUT2D eigenvalue weighted by Gasteiger charge is -2.34. The molecule has 0 bridgehead atoms. The van der Waals surface area contributed by atoms with Crippen molar-refractivity contribution in [2.75, 3.05) is 13.2 Å². The van der Waals surface area contributed by atoms with E-state index in [1.807, 2.05) is 49.4 Å². The Morgan fingerprint density at radius 3 is 1.80 bits per heavy atom. The van der Waals surface area contributed by atoms with Gasteiger partial charge in [0.1, 0.15) is 13.2 Å². The number of hydrogen-bond donors (Lipinski definition) is 0. The van der Waals surface area contributed by atoms with Crippen molar-refractivity contribution in [1.82, 2.24) is 14.8 Å². The Balaban J connectivity index is 1.11. The monoisotopic (exact) mass is 731 g/mol. The summed E-state index contributed by atoms with van der Waals surface area (Å²) in [5.74, 6) is 0.198. The average molecular weight is 732 g/mol. The van der Waals surface area contributed by atoms with E-state index in [9.17, 15) is 9.59 Å². The highest BCUT2D eigenvalue weighted by molar-refractivity contribution is 6.08. The van der Waals surface area contributed by atoms with Crippen LogP contribution in [0.2, 0.25) is 0 Å². The molecule has 0 N–H and O–H groups in total. The van der Waals surface area contributed by atoms with Gasteiger partial charge in [-0.25, -0.2) is 4.79 Å². The number of rotatable bonds is 15. The van der Waals surface area contributed by atoms with Crippen molar-refractivity contribution >= 4 is 33.7 Å². The second-order valence-electron chi connectivity index (χ2n) is 14.3. The smallest absolute Gasteiger partial charge is 0.330 e. The number of nitrogens with zero attached hydrogens (tertiary/aromatic N) is 3. The van der Waals surface area contributed by atoms with Crippen LogP contribution in [0.1, 0.15) is 57.6 Å². The molecule has 278 valence electrons. The quantitative estimate of drug-likeness (QED) is 0.0588. The highest BCUT2D eigenvalue weighted by Crippen LogP contribution is 2.43. The number of carbonyl (C=O) groups excluding carboxylic acids is 2. The largest absolute Gasteiger partial charge is 0.462 e. The van der Waals surface area contributed by atoms with E-state index in [1.165, 1.54) is 10.8 Å². The second kappa shape index (κ2) is 16.4. The van der Waals surface area contributed by atoms with Crippen molar-refractivity contribution in [2.45, 2.75) is 52.0 Å². The molecule has 0 spiro atoms. The van der Waals surface area contributed by atoms with Crippen LogP contribution in [0, 0.1) is 5.41 Å². The van der Waals surface area contributed by atoms with Crippen LogP contribution < -0.4 is 0 Å². The lowest BCUT2D eigenvalue weighted by atomic mass is 9.73. The third-order valence-electron chi connectivity index (χ3n) is 10.5. The Hall–Kier alpha value is -6.28. The second-order valence-corrected chi connectivity index (χ2v) is 14.3. The van der Waals surface area contributed by atoms with Crippen molar-refractivity contribution in [3.05, 3.63) is 146 Å². The minimum absolute atomic E-state index is 0.0251. The number of hydrogen-bond acceptors (Lipinski definition) is 7. The van der Waals surface area contributed by atoms with Gasteiger partial charge in [-0.15, -0.1) is 10.2 Å². The van der Waals surface area contributed by atoms with E-state index in [1.54, 1.807) is 0 Å². The van der Waals surface area contributed by atoms with E-state index in [4.69, 9.17) is 13.9 Å². The van der Waals surface area contributed by atoms with E-state index in [2.05, 4.69) is 120 Å². The van der Waals surface area contributed by atoms with Crippen LogP contribution in [-0.2, 0) is 19.1 Å². The van der Waals surface area contributed by atoms with E-state index < -0.39 is 11.4 Å². The van der Waals surface area contributed by atoms with Gasteiger partial charge in [0.25, 0.3) is 0 Å². The first-order chi connectivity index (χ1) is 26.8. The summed E-state index contributed by atoms with van der Waals surface area (Å²) < 4.78 is 19.3. The van der Waals surface area contributed by atoms with Crippen molar-refractivity contribution in [3.8, 4) is 34.0 Å². The summed E-state index contributed by atoms with van der Waals surface area (Å²) in [4.78, 5) is 25.8. The maximum Gasteiger partial charge on any atom is 0.330 e. The van der Waals surface area contributed by atoms with E-state index in [-0.39, 0.29) is 31.1 Å². The maximum absolute atomic E-state index is 14.1. The predicted octanol–water partition coefficient (Wildman–Crippen LogP) is 11.0. The Bertz CT molecular complexity index is 2360. The molecule has 0 saturated heterocycles. The molecular weight excluding hydrogens is 687 g/mol. The summed E-state index contributed by atoms with van der Waals surface area (Å²) in [7, 11) is 0. The highest BCUT2D eigenvalue weighted by Gasteiger charge is 2.39. The fraction of sp³-hybridized carbons (Fsp3) is 0.234. The predicted molar refractivity (Wildman–Crippen MR) is 217 cm³/mol. The Kier molecular flexibility index (Phi) is 11.0. The first-order valence-electron chi connectivity index (χ1n) is 18.8. The zero-order chi connectivity index (χ0) is 38.4. The summed E-state index contributed by atoms with van der Waals surface area (Å²) in [5, 5.41) is 10.9. The van der Waals surface area contributed by atoms with E-state index >= 15 is 0 Å². The van der Waals surface area contributed by atoms with Gasteiger partial charge in [-0.1, -0.05) is 104 Å². The third kappa shape index (κ3) is 7.99. The van der Waals surface area contributed by atoms with E-state index in [0.717, 1.165) is 51.3 Å². The number of fused-ring (bicyclic) bond motifs is 3. The van der Waals surface area contributed by atoms with Gasteiger partial charge in [0.15, 0.2) is 0 Å². The fourth-order valence-corrected chi connectivity index (χ4v) is 7.76. The molecule has 0 fully saturated rings. The highest BCUT2D eigenvalue weighted by atomic mass is 16.6. The summed E-state index contributed by atoms with van der Waals surface area (Å²) in [5.41, 5.74) is 6.45. The van der Waals surface area contributed by atoms with Gasteiger partial charge in [0.2, 0.25) is 11.8 Å². The van der Waals surface area contributed by atoms with Crippen LogP contribution >= 0.6 is 0 Å². The van der Waals surface area contributed by atoms with Crippen LogP contribution in [-0.4, -0.2) is 39.9 Å². The molecule has 0 amide bonds. The average Bonchev–Trinajstić information content (AvgIpc) is 3.86. The molecule has 55 heavy (non-hydrogen) atoms. The lowest BCUT2D eigenvalue weighted by molar-refractivity contribution is -0.160. The van der Waals surface area contributed by atoms with Crippen LogP contribution in [0.3, 0.4) is 0 Å². The standard InChI is InChI=1S/C47H45N3O5/c1-5-33(34-20-22-35(23-21-34)36-24-26-38(27-25-36)45-49-48-44(55-45)37-14-8-7-9-15-37)31-47(4,46(52)54-29-28-53-43(51)6-2)30-32(3)50-41-18-12-10-16-39(41)40-17-11-13-19-42(40)50/h6-27,32-33H,2,5,28-31H2,1,3-4H3. The number of esters is 2. The fourth-order valence-electron chi connectivity index (χ4n) is 7.76. The molecule has 0 aliphatic heterocycles. The molecule has 0 radical (unpaired) electrons. The van der Waals surface area contributed by atoms with Crippen LogP contribution in [0.4, 0.5) is 0 Å². The normalized spacial score (nSPS) is 13.6. The topological polar surface area (TPSA) is 96.5 Å². The minimum Gasteiger partial charge on any atom is -0.462 e. The first kappa shape index (κ1) is 37.1. The zero-order valence-electron chi connectivity index (χ0n) is 31.5.